The zero-order chi connectivity index (χ0) is 25.8. The lowest BCUT2D eigenvalue weighted by Crippen LogP contribution is -2.55. The van der Waals surface area contributed by atoms with Crippen molar-refractivity contribution in [3.63, 3.8) is 0 Å². The predicted molar refractivity (Wildman–Crippen MR) is 134 cm³/mol. The summed E-state index contributed by atoms with van der Waals surface area (Å²) in [7, 11) is 0. The Balaban J connectivity index is 1.80. The third kappa shape index (κ3) is 5.23. The zero-order valence-corrected chi connectivity index (χ0v) is 20.9. The molecule has 10 heteroatoms. The summed E-state index contributed by atoms with van der Waals surface area (Å²) in [6.45, 7) is 0.973. The maximum atomic E-state index is 13.7. The summed E-state index contributed by atoms with van der Waals surface area (Å²) in [6.07, 6.45) is 0.521. The van der Waals surface area contributed by atoms with Crippen LogP contribution in [-0.2, 0) is 16.2 Å². The quantitative estimate of drug-likeness (QED) is 0.384. The molecule has 2 amide bonds. The van der Waals surface area contributed by atoms with Gasteiger partial charge in [-0.2, -0.15) is 0 Å². The molecule has 3 N–H and O–H groups in total. The van der Waals surface area contributed by atoms with Crippen molar-refractivity contribution in [1.82, 2.24) is 15.4 Å². The maximum Gasteiger partial charge on any atom is 0.255 e. The molecule has 1 aliphatic rings. The van der Waals surface area contributed by atoms with Crippen LogP contribution >= 0.6 is 23.2 Å². The largest absolute Gasteiger partial charge is 0.394 e. The second-order valence-electron chi connectivity index (χ2n) is 8.45. The fourth-order valence-corrected chi connectivity index (χ4v) is 4.99. The number of aliphatic hydroxyl groups excluding tert-OH is 2. The number of aliphatic hydroxyl groups is 2. The number of aromatic nitrogens is 1. The summed E-state index contributed by atoms with van der Waals surface area (Å²) < 4.78 is 0. The lowest BCUT2D eigenvalue weighted by atomic mass is 9.78. The fourth-order valence-electron chi connectivity index (χ4n) is 4.47. The Morgan fingerprint density at radius 2 is 1.89 bits per heavy atom. The molecular formula is C26H25Cl2N3O5. The van der Waals surface area contributed by atoms with Crippen LogP contribution in [0, 0.1) is 0 Å². The first-order valence-electron chi connectivity index (χ1n) is 11.3. The van der Waals surface area contributed by atoms with Gasteiger partial charge in [-0.15, -0.1) is 0 Å². The molecule has 0 radical (unpaired) electrons. The van der Waals surface area contributed by atoms with E-state index in [4.69, 9.17) is 28.0 Å². The number of fused-ring (bicyclic) bond motifs is 1. The highest BCUT2D eigenvalue weighted by molar-refractivity contribution is 6.35. The predicted octanol–water partition coefficient (Wildman–Crippen LogP) is 3.66. The second-order valence-corrected chi connectivity index (χ2v) is 9.30. The van der Waals surface area contributed by atoms with E-state index in [1.807, 2.05) is 0 Å². The normalized spacial score (nSPS) is 18.9. The van der Waals surface area contributed by atoms with Gasteiger partial charge in [0, 0.05) is 21.8 Å². The van der Waals surface area contributed by atoms with Gasteiger partial charge in [-0.25, -0.2) is 5.48 Å². The molecule has 8 nitrogen and oxygen atoms in total. The molecule has 1 aromatic heterocycles. The monoisotopic (exact) mass is 529 g/mol. The zero-order valence-electron chi connectivity index (χ0n) is 19.3. The third-order valence-corrected chi connectivity index (χ3v) is 6.72. The molecular weight excluding hydrogens is 505 g/mol. The Hall–Kier alpha value is -3.01. The minimum atomic E-state index is -1.10. The van der Waals surface area contributed by atoms with Gasteiger partial charge in [-0.05, 0) is 48.4 Å². The number of benzene rings is 2. The van der Waals surface area contributed by atoms with Gasteiger partial charge in [0.25, 0.3) is 11.8 Å². The Kier molecular flexibility index (Phi) is 8.23. The van der Waals surface area contributed by atoms with Gasteiger partial charge in [-0.1, -0.05) is 53.5 Å². The van der Waals surface area contributed by atoms with Crippen LogP contribution in [0.5, 0.6) is 0 Å². The summed E-state index contributed by atoms with van der Waals surface area (Å²) in [5.41, 5.74) is 4.29. The maximum absolute atomic E-state index is 13.7. The van der Waals surface area contributed by atoms with E-state index in [0.29, 0.717) is 21.8 Å². The van der Waals surface area contributed by atoms with Gasteiger partial charge in [0.2, 0.25) is 0 Å². The number of hydrogen-bond donors (Lipinski definition) is 3. The van der Waals surface area contributed by atoms with E-state index in [1.54, 1.807) is 60.8 Å². The Labute approximate surface area is 218 Å². The van der Waals surface area contributed by atoms with Gasteiger partial charge in [0.1, 0.15) is 6.61 Å². The van der Waals surface area contributed by atoms with Crippen LogP contribution in [0.25, 0.3) is 0 Å². The molecule has 0 aliphatic carbocycles. The van der Waals surface area contributed by atoms with E-state index >= 15 is 0 Å². The van der Waals surface area contributed by atoms with E-state index in [0.717, 1.165) is 0 Å². The minimum absolute atomic E-state index is 0.0307. The van der Waals surface area contributed by atoms with Gasteiger partial charge in [-0.3, -0.25) is 19.4 Å². The number of hydroxylamine groups is 1. The number of hydrogen-bond acceptors (Lipinski definition) is 6. The van der Waals surface area contributed by atoms with Crippen molar-refractivity contribution >= 4 is 35.0 Å². The van der Waals surface area contributed by atoms with E-state index in [2.05, 4.69) is 10.5 Å². The first-order chi connectivity index (χ1) is 17.3. The van der Waals surface area contributed by atoms with Crippen molar-refractivity contribution < 1.29 is 24.6 Å². The van der Waals surface area contributed by atoms with Crippen LogP contribution < -0.4 is 5.48 Å². The van der Waals surface area contributed by atoms with Crippen LogP contribution in [0.2, 0.25) is 10.0 Å². The number of rotatable bonds is 8. The van der Waals surface area contributed by atoms with Crippen LogP contribution in [0.4, 0.5) is 0 Å². The van der Waals surface area contributed by atoms with Crippen molar-refractivity contribution in [1.29, 1.82) is 0 Å². The topological polar surface area (TPSA) is 112 Å². The van der Waals surface area contributed by atoms with Crippen LogP contribution in [0.15, 0.2) is 66.9 Å². The first-order valence-corrected chi connectivity index (χ1v) is 12.1. The van der Waals surface area contributed by atoms with Gasteiger partial charge < -0.3 is 15.1 Å². The molecule has 0 bridgehead atoms. The third-order valence-electron chi connectivity index (χ3n) is 6.16. The molecule has 4 rings (SSSR count). The summed E-state index contributed by atoms with van der Waals surface area (Å²) >= 11 is 12.7. The van der Waals surface area contributed by atoms with E-state index in [9.17, 15) is 19.8 Å². The number of amides is 2. The van der Waals surface area contributed by atoms with Crippen molar-refractivity contribution in [3.05, 3.63) is 99.3 Å². The van der Waals surface area contributed by atoms with Crippen LogP contribution in [0.3, 0.4) is 0 Å². The Morgan fingerprint density at radius 3 is 2.56 bits per heavy atom. The van der Waals surface area contributed by atoms with Gasteiger partial charge in [0.15, 0.2) is 0 Å². The van der Waals surface area contributed by atoms with E-state index in [1.165, 1.54) is 17.9 Å². The molecule has 36 heavy (non-hydrogen) atoms. The van der Waals surface area contributed by atoms with Crippen molar-refractivity contribution in [2.45, 2.75) is 37.6 Å². The molecule has 2 aromatic carbocycles. The van der Waals surface area contributed by atoms with E-state index in [-0.39, 0.29) is 17.2 Å². The van der Waals surface area contributed by atoms with Crippen molar-refractivity contribution in [2.24, 2.45) is 0 Å². The standard InChI is InChI=1S/C26H25Cl2N3O5/c1-15(33)22(13-32)31-24(20-10-9-16(27)12-21(20)28)23(18-7-2-3-8-19(18)26(31)35)25(34)30-36-14-17-6-4-5-11-29-17/h2-12,15,22-24,32-33H,13-14H2,1H3,(H,30,34)/t15-,22-,23-,24+/m1/s1. The Morgan fingerprint density at radius 1 is 1.14 bits per heavy atom. The fraction of sp³-hybridized carbons (Fsp3) is 0.269. The van der Waals surface area contributed by atoms with Crippen molar-refractivity contribution in [2.75, 3.05) is 6.61 Å². The second kappa shape index (κ2) is 11.4. The molecule has 0 fully saturated rings. The molecule has 0 unspecified atom stereocenters. The molecule has 1 aliphatic heterocycles. The van der Waals surface area contributed by atoms with Gasteiger partial charge >= 0.3 is 0 Å². The van der Waals surface area contributed by atoms with E-state index < -0.39 is 42.5 Å². The number of nitrogens with one attached hydrogen (secondary N) is 1. The lowest BCUT2D eigenvalue weighted by molar-refractivity contribution is -0.138. The van der Waals surface area contributed by atoms with Crippen molar-refractivity contribution in [3.8, 4) is 0 Å². The molecule has 0 saturated heterocycles. The Bertz CT molecular complexity index is 1240. The molecule has 2 heterocycles. The number of nitrogens with zero attached hydrogens (tertiary/aromatic N) is 2. The summed E-state index contributed by atoms with van der Waals surface area (Å²) in [5, 5.41) is 21.2. The highest BCUT2D eigenvalue weighted by atomic mass is 35.5. The molecule has 0 saturated carbocycles. The average Bonchev–Trinajstić information content (AvgIpc) is 2.86. The SMILES string of the molecule is C[C@@H](O)[C@@H](CO)N1C(=O)c2ccccc2[C@@H](C(=O)NOCc2ccccn2)[C@@H]1c1ccc(Cl)cc1Cl. The highest BCUT2D eigenvalue weighted by Crippen LogP contribution is 2.46. The number of pyridine rings is 1. The van der Waals surface area contributed by atoms with Crippen LogP contribution in [-0.4, -0.2) is 50.7 Å². The summed E-state index contributed by atoms with van der Waals surface area (Å²) in [4.78, 5) is 38.3. The summed E-state index contributed by atoms with van der Waals surface area (Å²) in [5.74, 6) is -1.96. The number of carbonyl (C=O) groups is 2. The van der Waals surface area contributed by atoms with Gasteiger partial charge in [0.05, 0.1) is 36.4 Å². The highest BCUT2D eigenvalue weighted by Gasteiger charge is 2.48. The number of carbonyl (C=O) groups excluding carboxylic acids is 2. The minimum Gasteiger partial charge on any atom is -0.394 e. The number of halogens is 2. The molecule has 3 aromatic rings. The molecule has 4 atom stereocenters. The average molecular weight is 530 g/mol. The first kappa shape index (κ1) is 26.1. The van der Waals surface area contributed by atoms with Crippen LogP contribution in [0.1, 0.15) is 46.1 Å². The lowest BCUT2D eigenvalue weighted by Gasteiger charge is -2.46. The molecule has 188 valence electrons. The molecule has 0 spiro atoms. The smallest absolute Gasteiger partial charge is 0.255 e. The summed E-state index contributed by atoms with van der Waals surface area (Å²) in [6, 6.07) is 14.8.